The van der Waals surface area contributed by atoms with Crippen LogP contribution in [0.1, 0.15) is 18.4 Å². The van der Waals surface area contributed by atoms with Crippen molar-refractivity contribution in [2.45, 2.75) is 24.5 Å². The van der Waals surface area contributed by atoms with Crippen molar-refractivity contribution in [2.24, 2.45) is 0 Å². The molecule has 1 aliphatic heterocycles. The number of rotatable bonds is 4. The highest BCUT2D eigenvalue weighted by atomic mass is 32.2. The molecule has 0 saturated carbocycles. The Hall–Kier alpha value is -1.07. The van der Waals surface area contributed by atoms with Crippen molar-refractivity contribution in [3.05, 3.63) is 29.8 Å². The van der Waals surface area contributed by atoms with Gasteiger partial charge in [-0.15, -0.1) is 0 Å². The Balaban J connectivity index is 1.94. The fourth-order valence-corrected chi connectivity index (χ4v) is 3.97. The summed E-state index contributed by atoms with van der Waals surface area (Å²) in [5.41, 5.74) is 0.945. The molecule has 0 bridgehead atoms. The zero-order valence-electron chi connectivity index (χ0n) is 10.3. The third-order valence-corrected chi connectivity index (χ3v) is 5.56. The second-order valence-electron chi connectivity index (χ2n) is 4.75. The van der Waals surface area contributed by atoms with Gasteiger partial charge in [-0.2, -0.15) is 0 Å². The highest BCUT2D eigenvalue weighted by Crippen LogP contribution is 2.15. The third-order valence-electron chi connectivity index (χ3n) is 3.37. The SMILES string of the molecule is O=S(=O)(CCc1ccc(O)cc1)C1CCCNC1. The van der Waals surface area contributed by atoms with Gasteiger partial charge in [-0.25, -0.2) is 8.42 Å². The molecule has 0 aliphatic carbocycles. The molecular formula is C13H19NO3S. The number of benzene rings is 1. The van der Waals surface area contributed by atoms with Gasteiger partial charge in [0.1, 0.15) is 5.75 Å². The molecule has 2 N–H and O–H groups in total. The Kier molecular flexibility index (Phi) is 4.24. The van der Waals surface area contributed by atoms with E-state index in [1.54, 1.807) is 24.3 Å². The molecule has 0 spiro atoms. The molecular weight excluding hydrogens is 250 g/mol. The summed E-state index contributed by atoms with van der Waals surface area (Å²) in [6, 6.07) is 6.71. The predicted octanol–water partition coefficient (Wildman–Crippen LogP) is 1.10. The van der Waals surface area contributed by atoms with Gasteiger partial charge < -0.3 is 10.4 Å². The lowest BCUT2D eigenvalue weighted by Crippen LogP contribution is -2.40. The van der Waals surface area contributed by atoms with Crippen LogP contribution in [0.4, 0.5) is 0 Å². The predicted molar refractivity (Wildman–Crippen MR) is 71.5 cm³/mol. The van der Waals surface area contributed by atoms with E-state index < -0.39 is 9.84 Å². The lowest BCUT2D eigenvalue weighted by Gasteiger charge is -2.22. The molecule has 1 heterocycles. The van der Waals surface area contributed by atoms with Gasteiger partial charge in [0, 0.05) is 6.54 Å². The molecule has 1 fully saturated rings. The Bertz CT molecular complexity index is 475. The average molecular weight is 269 g/mol. The van der Waals surface area contributed by atoms with Gasteiger partial charge in [-0.1, -0.05) is 12.1 Å². The van der Waals surface area contributed by atoms with Gasteiger partial charge in [-0.3, -0.25) is 0 Å². The maximum Gasteiger partial charge on any atom is 0.154 e. The van der Waals surface area contributed by atoms with Crippen molar-refractivity contribution in [3.8, 4) is 5.75 Å². The maximum atomic E-state index is 12.1. The number of hydrogen-bond donors (Lipinski definition) is 2. The summed E-state index contributed by atoms with van der Waals surface area (Å²) in [4.78, 5) is 0. The maximum absolute atomic E-state index is 12.1. The minimum atomic E-state index is -3.02. The number of phenolic OH excluding ortho intramolecular Hbond substituents is 1. The fraction of sp³-hybridized carbons (Fsp3) is 0.538. The van der Waals surface area contributed by atoms with Crippen LogP contribution in [-0.2, 0) is 16.3 Å². The highest BCUT2D eigenvalue weighted by Gasteiger charge is 2.26. The van der Waals surface area contributed by atoms with Crippen LogP contribution >= 0.6 is 0 Å². The Morgan fingerprint density at radius 3 is 2.61 bits per heavy atom. The van der Waals surface area contributed by atoms with Crippen molar-refractivity contribution in [1.29, 1.82) is 0 Å². The van der Waals surface area contributed by atoms with E-state index >= 15 is 0 Å². The van der Waals surface area contributed by atoms with Crippen LogP contribution in [0.2, 0.25) is 0 Å². The Morgan fingerprint density at radius 1 is 1.28 bits per heavy atom. The number of sulfone groups is 1. The average Bonchev–Trinajstić information content (AvgIpc) is 2.39. The van der Waals surface area contributed by atoms with Crippen LogP contribution in [0.25, 0.3) is 0 Å². The standard InChI is InChI=1S/C13H19NO3S/c15-12-5-3-11(4-6-12)7-9-18(16,17)13-2-1-8-14-10-13/h3-6,13-15H,1-2,7-10H2. The van der Waals surface area contributed by atoms with Gasteiger partial charge >= 0.3 is 0 Å². The van der Waals surface area contributed by atoms with Crippen LogP contribution in [-0.4, -0.2) is 37.6 Å². The van der Waals surface area contributed by atoms with E-state index in [0.29, 0.717) is 13.0 Å². The molecule has 0 aromatic heterocycles. The fourth-order valence-electron chi connectivity index (χ4n) is 2.22. The summed E-state index contributed by atoms with van der Waals surface area (Å²) < 4.78 is 24.3. The van der Waals surface area contributed by atoms with Gasteiger partial charge in [0.2, 0.25) is 0 Å². The first-order chi connectivity index (χ1) is 8.58. The first-order valence-electron chi connectivity index (χ1n) is 6.28. The molecule has 5 heteroatoms. The minimum Gasteiger partial charge on any atom is -0.508 e. The quantitative estimate of drug-likeness (QED) is 0.859. The summed E-state index contributed by atoms with van der Waals surface area (Å²) in [7, 11) is -3.02. The van der Waals surface area contributed by atoms with E-state index in [1.807, 2.05) is 0 Å². The number of aryl methyl sites for hydroxylation is 1. The lowest BCUT2D eigenvalue weighted by molar-refractivity contribution is 0.475. The number of nitrogens with one attached hydrogen (secondary N) is 1. The number of hydrogen-bond acceptors (Lipinski definition) is 4. The molecule has 1 aromatic rings. The zero-order valence-corrected chi connectivity index (χ0v) is 11.1. The van der Waals surface area contributed by atoms with Gasteiger partial charge in [-0.05, 0) is 43.5 Å². The normalized spacial score (nSPS) is 20.8. The van der Waals surface area contributed by atoms with Gasteiger partial charge in [0.25, 0.3) is 0 Å². The number of aromatic hydroxyl groups is 1. The van der Waals surface area contributed by atoms with E-state index in [4.69, 9.17) is 5.11 Å². The largest absolute Gasteiger partial charge is 0.508 e. The minimum absolute atomic E-state index is 0.185. The Morgan fingerprint density at radius 2 is 2.00 bits per heavy atom. The van der Waals surface area contributed by atoms with E-state index in [0.717, 1.165) is 24.9 Å². The van der Waals surface area contributed by atoms with Crippen LogP contribution < -0.4 is 5.32 Å². The lowest BCUT2D eigenvalue weighted by atomic mass is 10.2. The molecule has 4 nitrogen and oxygen atoms in total. The molecule has 0 radical (unpaired) electrons. The number of phenols is 1. The number of piperidine rings is 1. The first kappa shape index (κ1) is 13.4. The third kappa shape index (κ3) is 3.46. The van der Waals surface area contributed by atoms with E-state index in [1.165, 1.54) is 0 Å². The van der Waals surface area contributed by atoms with Crippen molar-refractivity contribution in [2.75, 3.05) is 18.8 Å². The van der Waals surface area contributed by atoms with Crippen LogP contribution in [0, 0.1) is 0 Å². The molecule has 1 aromatic carbocycles. The molecule has 1 unspecified atom stereocenters. The molecule has 1 atom stereocenters. The van der Waals surface area contributed by atoms with Gasteiger partial charge in [0.05, 0.1) is 11.0 Å². The van der Waals surface area contributed by atoms with E-state index in [9.17, 15) is 8.42 Å². The van der Waals surface area contributed by atoms with E-state index in [2.05, 4.69) is 5.32 Å². The summed E-state index contributed by atoms with van der Waals surface area (Å²) in [6.07, 6.45) is 2.22. The van der Waals surface area contributed by atoms with Crippen molar-refractivity contribution in [1.82, 2.24) is 5.32 Å². The van der Waals surface area contributed by atoms with Crippen LogP contribution in [0.3, 0.4) is 0 Å². The summed E-state index contributed by atoms with van der Waals surface area (Å²) in [5, 5.41) is 12.1. The Labute approximate surface area is 108 Å². The molecule has 18 heavy (non-hydrogen) atoms. The second kappa shape index (κ2) is 5.71. The van der Waals surface area contributed by atoms with E-state index in [-0.39, 0.29) is 16.8 Å². The van der Waals surface area contributed by atoms with Crippen LogP contribution in [0.5, 0.6) is 5.75 Å². The van der Waals surface area contributed by atoms with Crippen LogP contribution in [0.15, 0.2) is 24.3 Å². The summed E-state index contributed by atoms with van der Waals surface area (Å²) >= 11 is 0. The molecule has 1 aliphatic rings. The summed E-state index contributed by atoms with van der Waals surface area (Å²) in [5.74, 6) is 0.391. The smallest absolute Gasteiger partial charge is 0.154 e. The molecule has 2 rings (SSSR count). The molecule has 0 amide bonds. The summed E-state index contributed by atoms with van der Waals surface area (Å²) in [6.45, 7) is 1.50. The molecule has 100 valence electrons. The van der Waals surface area contributed by atoms with Crippen molar-refractivity contribution >= 4 is 9.84 Å². The first-order valence-corrected chi connectivity index (χ1v) is 8.00. The monoisotopic (exact) mass is 269 g/mol. The second-order valence-corrected chi connectivity index (χ2v) is 7.15. The topological polar surface area (TPSA) is 66.4 Å². The van der Waals surface area contributed by atoms with Crippen molar-refractivity contribution < 1.29 is 13.5 Å². The zero-order chi connectivity index (χ0) is 13.0. The van der Waals surface area contributed by atoms with Gasteiger partial charge in [0.15, 0.2) is 9.84 Å². The molecule has 1 saturated heterocycles. The van der Waals surface area contributed by atoms with Crippen molar-refractivity contribution in [3.63, 3.8) is 0 Å². The highest BCUT2D eigenvalue weighted by molar-refractivity contribution is 7.92.